The predicted molar refractivity (Wildman–Crippen MR) is 89.1 cm³/mol. The van der Waals surface area contributed by atoms with E-state index in [-0.39, 0.29) is 11.0 Å². The van der Waals surface area contributed by atoms with Gasteiger partial charge in [0.25, 0.3) is 0 Å². The van der Waals surface area contributed by atoms with Crippen LogP contribution in [0.25, 0.3) is 0 Å². The molecule has 0 amide bonds. The average Bonchev–Trinajstić information content (AvgIpc) is 2.36. The van der Waals surface area contributed by atoms with Crippen LogP contribution in [0.5, 0.6) is 0 Å². The fourth-order valence-electron chi connectivity index (χ4n) is 1.89. The maximum atomic E-state index is 5.70. The van der Waals surface area contributed by atoms with Crippen molar-refractivity contribution < 1.29 is 4.74 Å². The third kappa shape index (κ3) is 5.87. The van der Waals surface area contributed by atoms with E-state index in [1.807, 2.05) is 13.0 Å². The largest absolute Gasteiger partial charge is 0.374 e. The summed E-state index contributed by atoms with van der Waals surface area (Å²) in [5.74, 6) is 2.52. The number of nitrogens with one attached hydrogen (secondary N) is 2. The summed E-state index contributed by atoms with van der Waals surface area (Å²) >= 11 is 0. The molecule has 1 heterocycles. The monoisotopic (exact) mass is 294 g/mol. The Balaban J connectivity index is 2.93. The van der Waals surface area contributed by atoms with Crippen LogP contribution >= 0.6 is 0 Å². The topological polar surface area (TPSA) is 59.1 Å². The molecule has 0 aliphatic heterocycles. The molecule has 0 saturated heterocycles. The second-order valence-corrected chi connectivity index (χ2v) is 6.79. The van der Waals surface area contributed by atoms with Crippen LogP contribution in [0.3, 0.4) is 0 Å². The van der Waals surface area contributed by atoms with Crippen molar-refractivity contribution in [3.63, 3.8) is 0 Å². The molecule has 120 valence electrons. The van der Waals surface area contributed by atoms with Gasteiger partial charge in [-0.05, 0) is 27.7 Å². The zero-order chi connectivity index (χ0) is 16.1. The van der Waals surface area contributed by atoms with E-state index in [1.54, 1.807) is 0 Å². The molecule has 1 aromatic heterocycles. The molecule has 0 radical (unpaired) electrons. The van der Waals surface area contributed by atoms with Crippen molar-refractivity contribution in [1.82, 2.24) is 9.97 Å². The van der Waals surface area contributed by atoms with Gasteiger partial charge in [-0.1, -0.05) is 20.8 Å². The summed E-state index contributed by atoms with van der Waals surface area (Å²) in [5.41, 5.74) is -0.308. The molecule has 2 N–H and O–H groups in total. The Morgan fingerprint density at radius 3 is 2.05 bits per heavy atom. The van der Waals surface area contributed by atoms with Gasteiger partial charge in [-0.2, -0.15) is 0 Å². The first-order chi connectivity index (χ1) is 9.68. The highest BCUT2D eigenvalue weighted by Gasteiger charge is 2.21. The highest BCUT2D eigenvalue weighted by atomic mass is 16.5. The van der Waals surface area contributed by atoms with Crippen LogP contribution in [-0.2, 0) is 10.2 Å². The molecule has 0 fully saturated rings. The molecule has 0 bridgehead atoms. The third-order valence-electron chi connectivity index (χ3n) is 2.99. The number of ether oxygens (including phenoxy) is 1. The van der Waals surface area contributed by atoms with Gasteiger partial charge in [-0.25, -0.2) is 9.97 Å². The molecular weight excluding hydrogens is 264 g/mol. The van der Waals surface area contributed by atoms with Crippen molar-refractivity contribution in [3.05, 3.63) is 11.9 Å². The second kappa shape index (κ2) is 7.07. The van der Waals surface area contributed by atoms with E-state index >= 15 is 0 Å². The van der Waals surface area contributed by atoms with Crippen molar-refractivity contribution in [2.75, 3.05) is 30.3 Å². The molecule has 5 heteroatoms. The molecule has 0 atom stereocenters. The molecule has 0 unspecified atom stereocenters. The fourth-order valence-corrected chi connectivity index (χ4v) is 1.89. The summed E-state index contributed by atoms with van der Waals surface area (Å²) in [4.78, 5) is 9.21. The summed E-state index contributed by atoms with van der Waals surface area (Å²) in [7, 11) is 0. The van der Waals surface area contributed by atoms with Crippen LogP contribution in [0.15, 0.2) is 6.07 Å². The Morgan fingerprint density at radius 2 is 1.57 bits per heavy atom. The highest BCUT2D eigenvalue weighted by Crippen LogP contribution is 2.22. The molecule has 1 aromatic rings. The Morgan fingerprint density at radius 1 is 1.00 bits per heavy atom. The molecule has 0 saturated carbocycles. The van der Waals surface area contributed by atoms with E-state index in [4.69, 9.17) is 4.74 Å². The number of hydrogen-bond donors (Lipinski definition) is 2. The van der Waals surface area contributed by atoms with Gasteiger partial charge in [0.15, 0.2) is 0 Å². The lowest BCUT2D eigenvalue weighted by Gasteiger charge is -2.26. The SMILES string of the molecule is CCNc1cc(NCC(C)(C)OCC)nc(C(C)(C)C)n1. The fraction of sp³-hybridized carbons (Fsp3) is 0.750. The van der Waals surface area contributed by atoms with Crippen molar-refractivity contribution in [3.8, 4) is 0 Å². The van der Waals surface area contributed by atoms with Crippen LogP contribution in [0.1, 0.15) is 54.3 Å². The molecular formula is C16H30N4O. The van der Waals surface area contributed by atoms with Crippen molar-refractivity contribution in [2.24, 2.45) is 0 Å². The van der Waals surface area contributed by atoms with Gasteiger partial charge in [0.05, 0.1) is 5.60 Å². The number of nitrogens with zero attached hydrogens (tertiary/aromatic N) is 2. The first-order valence-corrected chi connectivity index (χ1v) is 7.69. The van der Waals surface area contributed by atoms with Gasteiger partial charge in [0.1, 0.15) is 17.5 Å². The van der Waals surface area contributed by atoms with Crippen LogP contribution in [0.2, 0.25) is 0 Å². The van der Waals surface area contributed by atoms with Gasteiger partial charge in [-0.3, -0.25) is 0 Å². The second-order valence-electron chi connectivity index (χ2n) is 6.79. The number of hydrogen-bond acceptors (Lipinski definition) is 5. The first-order valence-electron chi connectivity index (χ1n) is 7.69. The molecule has 0 aliphatic carbocycles. The van der Waals surface area contributed by atoms with Crippen molar-refractivity contribution in [1.29, 1.82) is 0 Å². The number of rotatable bonds is 7. The van der Waals surface area contributed by atoms with Gasteiger partial charge >= 0.3 is 0 Å². The van der Waals surface area contributed by atoms with Crippen LogP contribution < -0.4 is 10.6 Å². The summed E-state index contributed by atoms with van der Waals surface area (Å²) < 4.78 is 5.70. The number of aromatic nitrogens is 2. The minimum absolute atomic E-state index is 0.0860. The molecule has 0 aliphatic rings. The lowest BCUT2D eigenvalue weighted by atomic mass is 9.96. The molecule has 0 spiro atoms. The van der Waals surface area contributed by atoms with E-state index < -0.39 is 0 Å². The summed E-state index contributed by atoms with van der Waals surface area (Å²) in [6, 6.07) is 1.95. The molecule has 21 heavy (non-hydrogen) atoms. The molecule has 1 rings (SSSR count). The van der Waals surface area contributed by atoms with Gasteiger partial charge in [0, 0.05) is 31.2 Å². The minimum atomic E-state index is -0.222. The van der Waals surface area contributed by atoms with E-state index in [9.17, 15) is 0 Å². The minimum Gasteiger partial charge on any atom is -0.374 e. The first kappa shape index (κ1) is 17.7. The Bertz CT molecular complexity index is 452. The van der Waals surface area contributed by atoms with E-state index in [2.05, 4.69) is 62.1 Å². The van der Waals surface area contributed by atoms with Crippen LogP contribution in [0.4, 0.5) is 11.6 Å². The summed E-state index contributed by atoms with van der Waals surface area (Å²) in [5, 5.41) is 6.63. The Labute approximate surface area is 128 Å². The van der Waals surface area contributed by atoms with Gasteiger partial charge < -0.3 is 15.4 Å². The predicted octanol–water partition coefficient (Wildman–Crippen LogP) is 3.43. The smallest absolute Gasteiger partial charge is 0.138 e. The molecule has 5 nitrogen and oxygen atoms in total. The van der Waals surface area contributed by atoms with Gasteiger partial charge in [-0.15, -0.1) is 0 Å². The molecule has 0 aromatic carbocycles. The zero-order valence-electron chi connectivity index (χ0n) is 14.5. The van der Waals surface area contributed by atoms with Crippen molar-refractivity contribution in [2.45, 2.75) is 59.5 Å². The summed E-state index contributed by atoms with van der Waals surface area (Å²) in [6.07, 6.45) is 0. The average molecular weight is 294 g/mol. The quantitative estimate of drug-likeness (QED) is 0.807. The number of anilines is 2. The standard InChI is InChI=1S/C16H30N4O/c1-8-17-12-10-13(18-11-16(6,7)21-9-2)20-14(19-12)15(3,4)5/h10H,8-9,11H2,1-7H3,(H2,17,18,19,20). The lowest BCUT2D eigenvalue weighted by molar-refractivity contribution is 0.000637. The van der Waals surface area contributed by atoms with Crippen LogP contribution in [0, 0.1) is 0 Å². The van der Waals surface area contributed by atoms with E-state index in [0.717, 1.165) is 24.0 Å². The Hall–Kier alpha value is -1.36. The Kier molecular flexibility index (Phi) is 5.96. The van der Waals surface area contributed by atoms with E-state index in [0.29, 0.717) is 13.2 Å². The zero-order valence-corrected chi connectivity index (χ0v) is 14.5. The van der Waals surface area contributed by atoms with E-state index in [1.165, 1.54) is 0 Å². The maximum Gasteiger partial charge on any atom is 0.138 e. The van der Waals surface area contributed by atoms with Gasteiger partial charge in [0.2, 0.25) is 0 Å². The normalized spacial score (nSPS) is 12.3. The third-order valence-corrected chi connectivity index (χ3v) is 2.99. The van der Waals surface area contributed by atoms with Crippen LogP contribution in [-0.4, -0.2) is 35.3 Å². The lowest BCUT2D eigenvalue weighted by Crippen LogP contribution is -2.33. The maximum absolute atomic E-state index is 5.70. The van der Waals surface area contributed by atoms with Crippen molar-refractivity contribution >= 4 is 11.6 Å². The highest BCUT2D eigenvalue weighted by molar-refractivity contribution is 5.48. The summed E-state index contributed by atoms with van der Waals surface area (Å²) in [6.45, 7) is 16.8.